The normalized spacial score (nSPS) is 15.2. The third-order valence-corrected chi connectivity index (χ3v) is 20.5. The molecule has 2 atom stereocenters. The van der Waals surface area contributed by atoms with Crippen LogP contribution in [0, 0.1) is 41.5 Å². The molecule has 2 unspecified atom stereocenters. The second kappa shape index (κ2) is 15.8. The smallest absolute Gasteiger partial charge is 0.0390 e. The van der Waals surface area contributed by atoms with Gasteiger partial charge >= 0.3 is 0 Å². The van der Waals surface area contributed by atoms with Crippen LogP contribution < -0.4 is 0 Å². The minimum atomic E-state index is 0.446. The van der Waals surface area contributed by atoms with E-state index in [4.69, 9.17) is 0 Å². The monoisotopic (exact) mass is 948 g/mol. The van der Waals surface area contributed by atoms with Gasteiger partial charge in [-0.25, -0.2) is 0 Å². The molecule has 0 saturated heterocycles. The average molecular weight is 949 g/mol. The molecule has 4 heteroatoms. The molecule has 0 saturated carbocycles. The van der Waals surface area contributed by atoms with E-state index in [0.717, 1.165) is 12.8 Å². The van der Waals surface area contributed by atoms with Gasteiger partial charge in [0.2, 0.25) is 0 Å². The molecule has 4 aliphatic carbocycles. The van der Waals surface area contributed by atoms with Crippen molar-refractivity contribution in [1.82, 2.24) is 0 Å². The molecular formula is C64H52S4. The highest BCUT2D eigenvalue weighted by Gasteiger charge is 2.36. The van der Waals surface area contributed by atoms with Gasteiger partial charge in [0.1, 0.15) is 0 Å². The molecule has 0 aliphatic heterocycles. The van der Waals surface area contributed by atoms with Gasteiger partial charge in [-0.15, -0.1) is 45.3 Å². The second-order valence-corrected chi connectivity index (χ2v) is 24.2. The summed E-state index contributed by atoms with van der Waals surface area (Å²) in [6, 6.07) is 50.7. The predicted octanol–water partition coefficient (Wildman–Crippen LogP) is 19.5. The van der Waals surface area contributed by atoms with Gasteiger partial charge in [0.05, 0.1) is 0 Å². The first-order valence-electron chi connectivity index (χ1n) is 24.1. The fourth-order valence-electron chi connectivity index (χ4n) is 11.5. The molecule has 4 heterocycles. The summed E-state index contributed by atoms with van der Waals surface area (Å²) in [5.74, 6) is 0.892. The highest BCUT2D eigenvalue weighted by atomic mass is 32.1. The molecule has 0 spiro atoms. The summed E-state index contributed by atoms with van der Waals surface area (Å²) in [5.41, 5.74) is 31.8. The molecule has 0 fully saturated rings. The summed E-state index contributed by atoms with van der Waals surface area (Å²) in [6.45, 7) is 18.1. The van der Waals surface area contributed by atoms with Crippen molar-refractivity contribution in [2.24, 2.45) is 0 Å². The molecule has 6 aromatic carbocycles. The molecule has 4 aromatic heterocycles. The summed E-state index contributed by atoms with van der Waals surface area (Å²) in [4.78, 5) is 11.5. The number of aryl methyl sites for hydroxylation is 4. The van der Waals surface area contributed by atoms with E-state index in [1.54, 1.807) is 11.1 Å². The van der Waals surface area contributed by atoms with Crippen molar-refractivity contribution in [3.05, 3.63) is 211 Å². The molecule has 14 rings (SSSR count). The van der Waals surface area contributed by atoms with Gasteiger partial charge < -0.3 is 0 Å². The van der Waals surface area contributed by atoms with Crippen LogP contribution in [0.5, 0.6) is 0 Å². The van der Waals surface area contributed by atoms with Crippen LogP contribution in [0.25, 0.3) is 83.5 Å². The van der Waals surface area contributed by atoms with Crippen molar-refractivity contribution < 1.29 is 0 Å². The third-order valence-electron chi connectivity index (χ3n) is 15.5. The SMILES string of the molecule is Cc1ccc(-c2cc3c(s2)-c2c(C)c4c(c(C)c2C3)-c2sc(-c3ccc(C)cc3)cc2C4)cc1.Cc1ccc(-c2cc3c(s2)-c2cc4c(cc2C3C)-c2sc(-c3ccc(C)cc3)cc2C4C)cc1. The van der Waals surface area contributed by atoms with Crippen molar-refractivity contribution in [3.8, 4) is 83.5 Å². The molecule has 0 amide bonds. The molecule has 68 heavy (non-hydrogen) atoms. The van der Waals surface area contributed by atoms with Gasteiger partial charge in [-0.3, -0.25) is 0 Å². The zero-order valence-corrected chi connectivity index (χ0v) is 43.2. The van der Waals surface area contributed by atoms with Gasteiger partial charge in [-0.1, -0.05) is 133 Å². The Bertz CT molecular complexity index is 3430. The van der Waals surface area contributed by atoms with Crippen molar-refractivity contribution in [1.29, 1.82) is 0 Å². The zero-order valence-electron chi connectivity index (χ0n) is 39.9. The largest absolute Gasteiger partial charge is 0.135 e. The standard InChI is InChI=1S/2C32H26S2/c1-17-5-9-21(10-6-17)29-15-25-19(3)23-14-28-24(13-27(23)31(25)33-29)20(4)26-16-30(34-32(26)28)22-11-7-18(2)8-12-22;1-17-5-9-21(10-6-17)27-15-23-13-25-20(4)30-26(19(3)29(25)31(23)33-27)14-24-16-28(34-32(24)30)22-11-7-18(2)8-12-22/h5-16,19-20H,1-4H3;5-12,15-16H,13-14H2,1-4H3. The quantitative estimate of drug-likeness (QED) is 0.165. The van der Waals surface area contributed by atoms with E-state index >= 15 is 0 Å². The van der Waals surface area contributed by atoms with Crippen LogP contribution >= 0.6 is 45.3 Å². The Labute approximate surface area is 417 Å². The topological polar surface area (TPSA) is 0 Å². The highest BCUT2D eigenvalue weighted by Crippen LogP contribution is 2.58. The highest BCUT2D eigenvalue weighted by molar-refractivity contribution is 7.20. The number of hydrogen-bond acceptors (Lipinski definition) is 4. The Morgan fingerprint density at radius 3 is 0.956 bits per heavy atom. The number of hydrogen-bond donors (Lipinski definition) is 0. The maximum Gasteiger partial charge on any atom is 0.0390 e. The molecular weight excluding hydrogens is 897 g/mol. The first-order chi connectivity index (χ1) is 32.9. The van der Waals surface area contributed by atoms with Gasteiger partial charge in [0.15, 0.2) is 0 Å². The van der Waals surface area contributed by atoms with Crippen LogP contribution in [0.4, 0.5) is 0 Å². The Hall–Kier alpha value is -5.88. The van der Waals surface area contributed by atoms with Crippen LogP contribution in [0.15, 0.2) is 133 Å². The van der Waals surface area contributed by atoms with Crippen LogP contribution in [-0.2, 0) is 12.8 Å². The molecule has 332 valence electrons. The Balaban J connectivity index is 0.000000134. The lowest BCUT2D eigenvalue weighted by molar-refractivity contribution is 0.945. The van der Waals surface area contributed by atoms with E-state index in [-0.39, 0.29) is 0 Å². The first-order valence-corrected chi connectivity index (χ1v) is 27.4. The van der Waals surface area contributed by atoms with Crippen LogP contribution in [0.1, 0.15) is 104 Å². The second-order valence-electron chi connectivity index (χ2n) is 20.0. The van der Waals surface area contributed by atoms with Crippen molar-refractivity contribution >= 4 is 45.3 Å². The molecule has 10 aromatic rings. The lowest BCUT2D eigenvalue weighted by Crippen LogP contribution is -1.97. The van der Waals surface area contributed by atoms with E-state index in [1.807, 2.05) is 45.3 Å². The summed E-state index contributed by atoms with van der Waals surface area (Å²) in [7, 11) is 0. The zero-order chi connectivity index (χ0) is 46.3. The molecule has 0 radical (unpaired) electrons. The van der Waals surface area contributed by atoms with E-state index in [9.17, 15) is 0 Å². The van der Waals surface area contributed by atoms with Gasteiger partial charge in [0.25, 0.3) is 0 Å². The fraction of sp³-hybridized carbons (Fsp3) is 0.188. The summed E-state index contributed by atoms with van der Waals surface area (Å²) < 4.78 is 0. The van der Waals surface area contributed by atoms with Gasteiger partial charge in [-0.2, -0.15) is 0 Å². The lowest BCUT2D eigenvalue weighted by atomic mass is 9.90. The number of thiophene rings is 4. The average Bonchev–Trinajstić information content (AvgIpc) is 4.22. The minimum Gasteiger partial charge on any atom is -0.135 e. The summed E-state index contributed by atoms with van der Waals surface area (Å²) >= 11 is 7.89. The Morgan fingerprint density at radius 2 is 0.632 bits per heavy atom. The minimum absolute atomic E-state index is 0.446. The Morgan fingerprint density at radius 1 is 0.338 bits per heavy atom. The van der Waals surface area contributed by atoms with Crippen molar-refractivity contribution in [2.45, 2.75) is 80.1 Å². The van der Waals surface area contributed by atoms with Crippen LogP contribution in [0.3, 0.4) is 0 Å². The maximum absolute atomic E-state index is 2.52. The lowest BCUT2D eigenvalue weighted by Gasteiger charge is -2.16. The number of rotatable bonds is 4. The Kier molecular flexibility index (Phi) is 9.84. The predicted molar refractivity (Wildman–Crippen MR) is 297 cm³/mol. The molecule has 0 bridgehead atoms. The molecule has 0 N–H and O–H groups in total. The number of fused-ring (bicyclic) bond motifs is 12. The van der Waals surface area contributed by atoms with Gasteiger partial charge in [-0.05, 0) is 191 Å². The fourth-order valence-corrected chi connectivity index (χ4v) is 16.7. The van der Waals surface area contributed by atoms with Crippen molar-refractivity contribution in [3.63, 3.8) is 0 Å². The van der Waals surface area contributed by atoms with Crippen LogP contribution in [0.2, 0.25) is 0 Å². The van der Waals surface area contributed by atoms with Crippen molar-refractivity contribution in [2.75, 3.05) is 0 Å². The molecule has 0 nitrogen and oxygen atoms in total. The number of benzene rings is 6. The molecule has 4 aliphatic rings. The maximum atomic E-state index is 2.52. The van der Waals surface area contributed by atoms with Crippen LogP contribution in [-0.4, -0.2) is 0 Å². The summed E-state index contributed by atoms with van der Waals surface area (Å²) in [5, 5.41) is 0. The summed E-state index contributed by atoms with van der Waals surface area (Å²) in [6.07, 6.45) is 2.14. The van der Waals surface area contributed by atoms with E-state index in [2.05, 4.69) is 189 Å². The third kappa shape index (κ3) is 6.62. The van der Waals surface area contributed by atoms with E-state index < -0.39 is 0 Å². The first kappa shape index (κ1) is 42.2. The van der Waals surface area contributed by atoms with E-state index in [0.29, 0.717) is 11.8 Å². The van der Waals surface area contributed by atoms with E-state index in [1.165, 1.54) is 150 Å². The van der Waals surface area contributed by atoms with Gasteiger partial charge in [0, 0.05) is 50.9 Å².